The lowest BCUT2D eigenvalue weighted by Crippen LogP contribution is -2.50. The van der Waals surface area contributed by atoms with Crippen LogP contribution in [0.3, 0.4) is 0 Å². The highest BCUT2D eigenvalue weighted by Gasteiger charge is 2.40. The molecule has 0 radical (unpaired) electrons. The molecule has 4 nitrogen and oxygen atoms in total. The fourth-order valence-electron chi connectivity index (χ4n) is 4.82. The number of likely N-dealkylation sites (N-methyl/N-ethyl adjacent to an activating group) is 1. The highest BCUT2D eigenvalue weighted by molar-refractivity contribution is 5.89. The predicted octanol–water partition coefficient (Wildman–Crippen LogP) is 2.66. The van der Waals surface area contributed by atoms with E-state index in [2.05, 4.69) is 35.0 Å². The summed E-state index contributed by atoms with van der Waals surface area (Å²) in [6.07, 6.45) is 2.19. The number of methoxy groups -OCH3 is 1. The molecule has 1 aliphatic heterocycles. The predicted molar refractivity (Wildman–Crippen MR) is 91.7 cm³/mol. The van der Waals surface area contributed by atoms with Crippen LogP contribution >= 0.6 is 0 Å². The minimum atomic E-state index is 0.296. The minimum Gasteiger partial charge on any atom is -0.396 e. The highest BCUT2D eigenvalue weighted by Crippen LogP contribution is 2.45. The maximum Gasteiger partial charge on any atom is 0.0865 e. The summed E-state index contributed by atoms with van der Waals surface area (Å²) in [5.41, 5.74) is 5.37. The Morgan fingerprint density at radius 3 is 3.00 bits per heavy atom. The molecular formula is C19H26N2O2. The molecule has 1 saturated heterocycles. The number of likely N-dealkylation sites (tertiary alicyclic amines) is 1. The first-order valence-corrected chi connectivity index (χ1v) is 8.73. The number of aliphatic hydroxyl groups excluding tert-OH is 1. The van der Waals surface area contributed by atoms with Gasteiger partial charge in [0.15, 0.2) is 0 Å². The number of ether oxygens (including phenoxy) is 1. The van der Waals surface area contributed by atoms with Crippen LogP contribution in [0.4, 0.5) is 0 Å². The van der Waals surface area contributed by atoms with E-state index < -0.39 is 0 Å². The first-order chi connectivity index (χ1) is 11.3. The Bertz CT molecular complexity index is 709. The molecule has 1 unspecified atom stereocenters. The van der Waals surface area contributed by atoms with Gasteiger partial charge in [-0.15, -0.1) is 0 Å². The molecule has 4 heteroatoms. The molecule has 23 heavy (non-hydrogen) atoms. The first kappa shape index (κ1) is 15.2. The van der Waals surface area contributed by atoms with Gasteiger partial charge in [0.25, 0.3) is 0 Å². The van der Waals surface area contributed by atoms with Crippen LogP contribution in [-0.2, 0) is 17.8 Å². The Kier molecular flexibility index (Phi) is 3.92. The lowest BCUT2D eigenvalue weighted by Gasteiger charge is -2.46. The summed E-state index contributed by atoms with van der Waals surface area (Å²) in [6.45, 7) is 5.24. The fraction of sp³-hybridized carbons (Fsp3) is 0.579. The second-order valence-corrected chi connectivity index (χ2v) is 7.03. The van der Waals surface area contributed by atoms with Crippen molar-refractivity contribution in [2.75, 3.05) is 26.8 Å². The third-order valence-corrected chi connectivity index (χ3v) is 5.83. The zero-order chi connectivity index (χ0) is 16.0. The minimum absolute atomic E-state index is 0.296. The Morgan fingerprint density at radius 1 is 1.39 bits per heavy atom. The molecule has 0 spiro atoms. The van der Waals surface area contributed by atoms with Gasteiger partial charge in [0, 0.05) is 48.8 Å². The smallest absolute Gasteiger partial charge is 0.0865 e. The molecule has 1 fully saturated rings. The van der Waals surface area contributed by atoms with Crippen molar-refractivity contribution in [1.29, 1.82) is 0 Å². The molecular weight excluding hydrogens is 288 g/mol. The maximum atomic E-state index is 9.71. The average Bonchev–Trinajstić information content (AvgIpc) is 2.93. The van der Waals surface area contributed by atoms with Gasteiger partial charge < -0.3 is 14.8 Å². The lowest BCUT2D eigenvalue weighted by atomic mass is 9.72. The van der Waals surface area contributed by atoms with Crippen LogP contribution in [0.15, 0.2) is 18.2 Å². The zero-order valence-electron chi connectivity index (χ0n) is 14.0. The fourth-order valence-corrected chi connectivity index (χ4v) is 4.82. The van der Waals surface area contributed by atoms with Crippen LogP contribution in [0.5, 0.6) is 0 Å². The molecule has 124 valence electrons. The molecule has 0 bridgehead atoms. The second kappa shape index (κ2) is 5.93. The summed E-state index contributed by atoms with van der Waals surface area (Å²) in [5, 5.41) is 11.1. The Hall–Kier alpha value is -1.36. The van der Waals surface area contributed by atoms with E-state index in [0.29, 0.717) is 31.1 Å². The van der Waals surface area contributed by atoms with E-state index in [1.54, 1.807) is 7.11 Å². The van der Waals surface area contributed by atoms with Crippen LogP contribution in [0.2, 0.25) is 0 Å². The topological polar surface area (TPSA) is 48.5 Å². The number of fused-ring (bicyclic) bond motifs is 2. The van der Waals surface area contributed by atoms with E-state index in [1.807, 2.05) is 0 Å². The van der Waals surface area contributed by atoms with Gasteiger partial charge in [-0.2, -0.15) is 0 Å². The molecule has 2 aliphatic rings. The van der Waals surface area contributed by atoms with E-state index in [0.717, 1.165) is 25.9 Å². The summed E-state index contributed by atoms with van der Waals surface area (Å²) in [6, 6.07) is 7.18. The van der Waals surface area contributed by atoms with E-state index in [1.165, 1.54) is 27.7 Å². The number of benzene rings is 1. The van der Waals surface area contributed by atoms with Crippen molar-refractivity contribution in [3.05, 3.63) is 35.0 Å². The van der Waals surface area contributed by atoms with Crippen molar-refractivity contribution in [3.63, 3.8) is 0 Å². The molecule has 2 heterocycles. The van der Waals surface area contributed by atoms with E-state index in [9.17, 15) is 5.11 Å². The van der Waals surface area contributed by atoms with Crippen LogP contribution < -0.4 is 0 Å². The van der Waals surface area contributed by atoms with Crippen molar-refractivity contribution in [2.45, 2.75) is 38.3 Å². The van der Waals surface area contributed by atoms with Crippen molar-refractivity contribution < 1.29 is 9.84 Å². The van der Waals surface area contributed by atoms with Crippen molar-refractivity contribution in [2.24, 2.45) is 5.92 Å². The largest absolute Gasteiger partial charge is 0.396 e. The van der Waals surface area contributed by atoms with Crippen molar-refractivity contribution in [1.82, 2.24) is 9.88 Å². The molecule has 1 aromatic heterocycles. The quantitative estimate of drug-likeness (QED) is 0.912. The van der Waals surface area contributed by atoms with Gasteiger partial charge in [-0.3, -0.25) is 4.90 Å². The number of aliphatic hydroxyl groups is 1. The zero-order valence-corrected chi connectivity index (χ0v) is 14.0. The van der Waals surface area contributed by atoms with E-state index in [-0.39, 0.29) is 0 Å². The van der Waals surface area contributed by atoms with Crippen LogP contribution in [0.1, 0.15) is 36.1 Å². The molecule has 1 aromatic carbocycles. The number of rotatable bonds is 4. The molecule has 2 N–H and O–H groups in total. The van der Waals surface area contributed by atoms with Gasteiger partial charge in [-0.05, 0) is 42.5 Å². The Labute approximate surface area is 137 Å². The summed E-state index contributed by atoms with van der Waals surface area (Å²) < 4.78 is 5.41. The van der Waals surface area contributed by atoms with Crippen LogP contribution in [0.25, 0.3) is 10.9 Å². The molecule has 0 saturated carbocycles. The monoisotopic (exact) mass is 314 g/mol. The number of H-pyrrole nitrogens is 1. The number of aromatic amines is 1. The molecule has 2 aromatic rings. The van der Waals surface area contributed by atoms with Gasteiger partial charge in [0.05, 0.1) is 6.61 Å². The maximum absolute atomic E-state index is 9.71. The van der Waals surface area contributed by atoms with Gasteiger partial charge in [0.2, 0.25) is 0 Å². The van der Waals surface area contributed by atoms with Gasteiger partial charge >= 0.3 is 0 Å². The Balaban J connectivity index is 1.84. The number of nitrogens with one attached hydrogen (secondary N) is 1. The number of hydrogen-bond acceptors (Lipinski definition) is 3. The van der Waals surface area contributed by atoms with Crippen molar-refractivity contribution in [3.8, 4) is 0 Å². The number of nitrogens with zero attached hydrogens (tertiary/aromatic N) is 1. The molecule has 3 atom stereocenters. The summed E-state index contributed by atoms with van der Waals surface area (Å²) in [7, 11) is 1.76. The number of hydrogen-bond donors (Lipinski definition) is 2. The normalized spacial score (nSPS) is 27.3. The summed E-state index contributed by atoms with van der Waals surface area (Å²) in [4.78, 5) is 6.14. The van der Waals surface area contributed by atoms with E-state index in [4.69, 9.17) is 4.74 Å². The SMILES string of the molecule is CCN1C[C@H](CO)CC2c3cccc4[nH]c(COC)c(c34)C[C@H]21. The van der Waals surface area contributed by atoms with Gasteiger partial charge in [-0.1, -0.05) is 19.1 Å². The van der Waals surface area contributed by atoms with Gasteiger partial charge in [0.1, 0.15) is 0 Å². The van der Waals surface area contributed by atoms with Crippen molar-refractivity contribution >= 4 is 10.9 Å². The number of piperidine rings is 1. The molecule has 4 rings (SSSR count). The third-order valence-electron chi connectivity index (χ3n) is 5.83. The van der Waals surface area contributed by atoms with E-state index >= 15 is 0 Å². The average molecular weight is 314 g/mol. The molecule has 0 amide bonds. The Morgan fingerprint density at radius 2 is 2.26 bits per heavy atom. The number of aromatic nitrogens is 1. The standard InChI is InChI=1S/C19H26N2O2/c1-3-21-9-12(10-22)7-14-13-5-4-6-16-19(13)15(8-18(14)21)17(20-16)11-23-2/h4-6,12,14,18,20,22H,3,7-11H2,1-2H3/t12-,14?,18-/m1/s1. The first-order valence-electron chi connectivity index (χ1n) is 8.73. The summed E-state index contributed by atoms with van der Waals surface area (Å²) >= 11 is 0. The highest BCUT2D eigenvalue weighted by atomic mass is 16.5. The lowest BCUT2D eigenvalue weighted by molar-refractivity contribution is 0.0609. The van der Waals surface area contributed by atoms with Crippen LogP contribution in [-0.4, -0.2) is 47.8 Å². The third kappa shape index (κ3) is 2.32. The van der Waals surface area contributed by atoms with Crippen LogP contribution in [0, 0.1) is 5.92 Å². The van der Waals surface area contributed by atoms with Gasteiger partial charge in [-0.25, -0.2) is 0 Å². The molecule has 1 aliphatic carbocycles. The summed E-state index contributed by atoms with van der Waals surface area (Å²) in [5.74, 6) is 0.925. The second-order valence-electron chi connectivity index (χ2n) is 7.03.